The second-order valence-corrected chi connectivity index (χ2v) is 5.12. The lowest BCUT2D eigenvalue weighted by Gasteiger charge is -2.34. The maximum atomic E-state index is 12.4. The van der Waals surface area contributed by atoms with Crippen molar-refractivity contribution < 1.29 is 24.4 Å². The van der Waals surface area contributed by atoms with E-state index in [4.69, 9.17) is 9.84 Å². The highest BCUT2D eigenvalue weighted by Gasteiger charge is 2.33. The predicted octanol–water partition coefficient (Wildman–Crippen LogP) is 0.343. The van der Waals surface area contributed by atoms with E-state index in [0.29, 0.717) is 5.69 Å². The van der Waals surface area contributed by atoms with Gasteiger partial charge in [-0.1, -0.05) is 12.1 Å². The lowest BCUT2D eigenvalue weighted by molar-refractivity contribution is -0.384. The summed E-state index contributed by atoms with van der Waals surface area (Å²) in [6.45, 7) is 0.232. The number of hydrogen-bond acceptors (Lipinski definition) is 6. The quantitative estimate of drug-likeness (QED) is 0.614. The van der Waals surface area contributed by atoms with E-state index in [0.717, 1.165) is 0 Å². The second-order valence-electron chi connectivity index (χ2n) is 5.12. The molecule has 9 heteroatoms. The maximum absolute atomic E-state index is 12.4. The van der Waals surface area contributed by atoms with Crippen LogP contribution in [0.2, 0.25) is 0 Å². The summed E-state index contributed by atoms with van der Waals surface area (Å²) in [4.78, 5) is 36.8. The largest absolute Gasteiger partial charge is 0.480 e. The van der Waals surface area contributed by atoms with Crippen molar-refractivity contribution in [3.05, 3.63) is 34.4 Å². The number of aliphatic carboxylic acids is 1. The monoisotopic (exact) mass is 323 g/mol. The number of carboxylic acid groups (broad SMARTS) is 1. The normalized spacial score (nSPS) is 17.6. The predicted molar refractivity (Wildman–Crippen MR) is 80.3 cm³/mol. The highest BCUT2D eigenvalue weighted by Crippen LogP contribution is 2.26. The molecule has 23 heavy (non-hydrogen) atoms. The minimum Gasteiger partial charge on any atom is -0.480 e. The zero-order valence-corrected chi connectivity index (χ0v) is 12.5. The number of likely N-dealkylation sites (N-methyl/N-ethyl adjacent to an activating group) is 1. The van der Waals surface area contributed by atoms with E-state index in [-0.39, 0.29) is 32.0 Å². The Kier molecular flexibility index (Phi) is 5.12. The number of benzene rings is 1. The number of carbonyl (C=O) groups excluding carboxylic acids is 1. The topological polar surface area (TPSA) is 113 Å². The van der Waals surface area contributed by atoms with Crippen LogP contribution in [-0.2, 0) is 14.3 Å². The number of nitro groups is 1. The lowest BCUT2D eigenvalue weighted by Crippen LogP contribution is -2.54. The molecule has 0 aliphatic carbocycles. The Morgan fingerprint density at radius 3 is 2.83 bits per heavy atom. The van der Waals surface area contributed by atoms with Crippen LogP contribution in [-0.4, -0.2) is 66.2 Å². The molecule has 1 fully saturated rings. The van der Waals surface area contributed by atoms with Gasteiger partial charge in [0.05, 0.1) is 24.7 Å². The van der Waals surface area contributed by atoms with E-state index in [1.54, 1.807) is 25.2 Å². The maximum Gasteiger partial charge on any atom is 0.328 e. The van der Waals surface area contributed by atoms with Crippen molar-refractivity contribution in [3.63, 3.8) is 0 Å². The molecule has 1 aliphatic heterocycles. The summed E-state index contributed by atoms with van der Waals surface area (Å²) in [7, 11) is 1.55. The standard InChI is InChI=1S/C14H17N3O6/c1-15(10-4-2-3-5-11(10)17(21)22)8-13(18)16-6-7-23-9-12(16)14(19)20/h2-5,12H,6-9H2,1H3,(H,19,20). The van der Waals surface area contributed by atoms with E-state index in [1.807, 2.05) is 0 Å². The average Bonchev–Trinajstić information content (AvgIpc) is 2.54. The van der Waals surface area contributed by atoms with Crippen molar-refractivity contribution in [1.29, 1.82) is 0 Å². The summed E-state index contributed by atoms with van der Waals surface area (Å²) in [6, 6.07) is 5.04. The summed E-state index contributed by atoms with van der Waals surface area (Å²) < 4.78 is 5.09. The molecule has 124 valence electrons. The summed E-state index contributed by atoms with van der Waals surface area (Å²) >= 11 is 0. The van der Waals surface area contributed by atoms with Crippen molar-refractivity contribution in [2.24, 2.45) is 0 Å². The Morgan fingerprint density at radius 1 is 1.48 bits per heavy atom. The molecule has 0 bridgehead atoms. The third-order valence-electron chi connectivity index (χ3n) is 3.60. The summed E-state index contributed by atoms with van der Waals surface area (Å²) in [6.07, 6.45) is 0. The van der Waals surface area contributed by atoms with E-state index >= 15 is 0 Å². The minimum atomic E-state index is -1.13. The van der Waals surface area contributed by atoms with Crippen LogP contribution in [0, 0.1) is 10.1 Å². The van der Waals surface area contributed by atoms with E-state index in [1.165, 1.54) is 15.9 Å². The van der Waals surface area contributed by atoms with E-state index in [9.17, 15) is 19.7 Å². The Morgan fingerprint density at radius 2 is 2.17 bits per heavy atom. The fraction of sp³-hybridized carbons (Fsp3) is 0.429. The summed E-state index contributed by atoms with van der Waals surface area (Å²) in [5, 5.41) is 20.2. The number of nitro benzene ring substituents is 1. The van der Waals surface area contributed by atoms with Crippen molar-refractivity contribution >= 4 is 23.3 Å². The van der Waals surface area contributed by atoms with Crippen LogP contribution >= 0.6 is 0 Å². The second kappa shape index (κ2) is 7.05. The molecule has 0 radical (unpaired) electrons. The van der Waals surface area contributed by atoms with Crippen molar-refractivity contribution in [2.75, 3.05) is 38.3 Å². The van der Waals surface area contributed by atoms with Gasteiger partial charge in [0, 0.05) is 19.7 Å². The first-order chi connectivity index (χ1) is 10.9. The first-order valence-electron chi connectivity index (χ1n) is 6.96. The van der Waals surface area contributed by atoms with Gasteiger partial charge in [-0.25, -0.2) is 4.79 Å². The Bertz CT molecular complexity index is 620. The van der Waals surface area contributed by atoms with Gasteiger partial charge in [-0.3, -0.25) is 14.9 Å². The van der Waals surface area contributed by atoms with Gasteiger partial charge in [-0.05, 0) is 6.07 Å². The molecule has 9 nitrogen and oxygen atoms in total. The molecule has 2 rings (SSSR count). The van der Waals surface area contributed by atoms with Gasteiger partial charge in [0.25, 0.3) is 5.69 Å². The van der Waals surface area contributed by atoms with Crippen LogP contribution in [0.4, 0.5) is 11.4 Å². The molecule has 1 heterocycles. The Balaban J connectivity index is 2.13. The zero-order valence-electron chi connectivity index (χ0n) is 12.5. The number of carbonyl (C=O) groups is 2. The number of carboxylic acids is 1. The number of rotatable bonds is 5. The lowest BCUT2D eigenvalue weighted by atomic mass is 10.2. The highest BCUT2D eigenvalue weighted by atomic mass is 16.6. The molecule has 0 spiro atoms. The number of ether oxygens (including phenoxy) is 1. The molecule has 1 atom stereocenters. The average molecular weight is 323 g/mol. The number of anilines is 1. The third-order valence-corrected chi connectivity index (χ3v) is 3.60. The van der Waals surface area contributed by atoms with Crippen molar-refractivity contribution in [3.8, 4) is 0 Å². The van der Waals surface area contributed by atoms with Gasteiger partial charge in [0.1, 0.15) is 5.69 Å². The molecular weight excluding hydrogens is 306 g/mol. The molecule has 1 N–H and O–H groups in total. The molecule has 1 aromatic rings. The molecule has 0 aromatic heterocycles. The zero-order chi connectivity index (χ0) is 17.0. The molecule has 0 saturated carbocycles. The molecular formula is C14H17N3O6. The molecule has 1 unspecified atom stereocenters. The van der Waals surface area contributed by atoms with Gasteiger partial charge in [-0.15, -0.1) is 0 Å². The summed E-state index contributed by atoms with van der Waals surface area (Å²) in [5.41, 5.74) is 0.186. The van der Waals surface area contributed by atoms with Gasteiger partial charge in [0.2, 0.25) is 5.91 Å². The third kappa shape index (κ3) is 3.75. The first-order valence-corrected chi connectivity index (χ1v) is 6.96. The number of amides is 1. The van der Waals surface area contributed by atoms with E-state index < -0.39 is 22.8 Å². The number of nitrogens with zero attached hydrogens (tertiary/aromatic N) is 3. The van der Waals surface area contributed by atoms with Gasteiger partial charge < -0.3 is 19.6 Å². The molecule has 1 saturated heterocycles. The molecule has 1 amide bonds. The van der Waals surface area contributed by atoms with Crippen molar-refractivity contribution in [2.45, 2.75) is 6.04 Å². The van der Waals surface area contributed by atoms with Crippen LogP contribution in [0.25, 0.3) is 0 Å². The fourth-order valence-electron chi connectivity index (χ4n) is 2.43. The van der Waals surface area contributed by atoms with Crippen LogP contribution in [0.15, 0.2) is 24.3 Å². The van der Waals surface area contributed by atoms with Crippen molar-refractivity contribution in [1.82, 2.24) is 4.90 Å². The fourth-order valence-corrected chi connectivity index (χ4v) is 2.43. The van der Waals surface area contributed by atoms with E-state index in [2.05, 4.69) is 0 Å². The number of para-hydroxylation sites is 2. The molecule has 1 aromatic carbocycles. The Labute approximate surface area is 132 Å². The first kappa shape index (κ1) is 16.7. The van der Waals surface area contributed by atoms with Gasteiger partial charge >= 0.3 is 5.97 Å². The summed E-state index contributed by atoms with van der Waals surface area (Å²) in [5.74, 6) is -1.55. The van der Waals surface area contributed by atoms with Gasteiger partial charge in [-0.2, -0.15) is 0 Å². The van der Waals surface area contributed by atoms with Crippen LogP contribution in [0.1, 0.15) is 0 Å². The molecule has 1 aliphatic rings. The number of hydrogen-bond donors (Lipinski definition) is 1. The van der Waals surface area contributed by atoms with Crippen LogP contribution in [0.5, 0.6) is 0 Å². The highest BCUT2D eigenvalue weighted by molar-refractivity contribution is 5.87. The SMILES string of the molecule is CN(CC(=O)N1CCOCC1C(=O)O)c1ccccc1[N+](=O)[O-]. The van der Waals surface area contributed by atoms with Crippen LogP contribution in [0.3, 0.4) is 0 Å². The van der Waals surface area contributed by atoms with Crippen LogP contribution < -0.4 is 4.90 Å². The van der Waals surface area contributed by atoms with Gasteiger partial charge in [0.15, 0.2) is 6.04 Å². The number of morpholine rings is 1. The minimum absolute atomic E-state index is 0.0593. The Hall–Kier alpha value is -2.68. The smallest absolute Gasteiger partial charge is 0.328 e.